The van der Waals surface area contributed by atoms with Crippen molar-refractivity contribution in [3.63, 3.8) is 0 Å². The average molecular weight is 256 g/mol. The Kier molecular flexibility index (Phi) is 4.18. The lowest BCUT2D eigenvalue weighted by atomic mass is 10.1. The molecule has 98 valence electrons. The Morgan fingerprint density at radius 3 is 2.56 bits per heavy atom. The van der Waals surface area contributed by atoms with Crippen molar-refractivity contribution in [1.29, 1.82) is 0 Å². The number of carboxylic acids is 1. The van der Waals surface area contributed by atoms with Gasteiger partial charge in [0.1, 0.15) is 6.04 Å². The lowest BCUT2D eigenvalue weighted by molar-refractivity contribution is -0.139. The van der Waals surface area contributed by atoms with Crippen LogP contribution in [-0.4, -0.2) is 44.1 Å². The highest BCUT2D eigenvalue weighted by Gasteiger charge is 2.22. The topological polar surface area (TPSA) is 177 Å². The molecule has 1 atom stereocenters. The first kappa shape index (κ1) is 13.4. The van der Waals surface area contributed by atoms with Crippen LogP contribution in [0, 0.1) is 0 Å². The van der Waals surface area contributed by atoms with Crippen molar-refractivity contribution in [1.82, 2.24) is 20.5 Å². The minimum Gasteiger partial charge on any atom is -0.480 e. The van der Waals surface area contributed by atoms with Crippen LogP contribution >= 0.6 is 0 Å². The molecule has 7 N–H and O–H groups in total. The molecule has 0 radical (unpaired) electrons. The first-order valence-electron chi connectivity index (χ1n) is 4.90. The van der Waals surface area contributed by atoms with Crippen LogP contribution in [0.2, 0.25) is 0 Å². The number of nitrogens with zero attached hydrogens (tertiary/aromatic N) is 2. The molecule has 0 aliphatic rings. The summed E-state index contributed by atoms with van der Waals surface area (Å²) >= 11 is 0. The van der Waals surface area contributed by atoms with E-state index in [1.807, 2.05) is 0 Å². The van der Waals surface area contributed by atoms with Crippen molar-refractivity contribution in [2.24, 2.45) is 5.73 Å². The molecule has 1 rings (SSSR count). The van der Waals surface area contributed by atoms with E-state index in [9.17, 15) is 14.4 Å². The molecule has 0 fully saturated rings. The molecular formula is C8H12N6O4. The summed E-state index contributed by atoms with van der Waals surface area (Å²) in [4.78, 5) is 36.5. The molecule has 0 aromatic carbocycles. The number of rotatable bonds is 6. The van der Waals surface area contributed by atoms with Gasteiger partial charge in [0.15, 0.2) is 0 Å². The maximum Gasteiger partial charge on any atom is 0.326 e. The molecule has 10 nitrogen and oxygen atoms in total. The number of aliphatic carboxylic acids is 1. The van der Waals surface area contributed by atoms with Crippen LogP contribution in [0.25, 0.3) is 0 Å². The smallest absolute Gasteiger partial charge is 0.326 e. The Hall–Kier alpha value is -2.65. The second-order valence-electron chi connectivity index (χ2n) is 3.41. The SMILES string of the molecule is NC(=O)CC[C@H](NC(=O)c1nc(N)n[nH]1)C(=O)O. The van der Waals surface area contributed by atoms with Crippen LogP contribution in [0.5, 0.6) is 0 Å². The largest absolute Gasteiger partial charge is 0.480 e. The van der Waals surface area contributed by atoms with E-state index in [2.05, 4.69) is 20.5 Å². The van der Waals surface area contributed by atoms with Gasteiger partial charge in [-0.2, -0.15) is 4.98 Å². The van der Waals surface area contributed by atoms with Crippen LogP contribution in [0.1, 0.15) is 23.5 Å². The van der Waals surface area contributed by atoms with E-state index in [1.165, 1.54) is 0 Å². The van der Waals surface area contributed by atoms with Gasteiger partial charge in [-0.25, -0.2) is 4.79 Å². The predicted octanol–water partition coefficient (Wildman–Crippen LogP) is -2.16. The molecule has 0 aliphatic heterocycles. The summed E-state index contributed by atoms with van der Waals surface area (Å²) in [6.07, 6.45) is -0.268. The summed E-state index contributed by atoms with van der Waals surface area (Å²) < 4.78 is 0. The molecule has 0 spiro atoms. The Labute approximate surface area is 101 Å². The molecule has 1 aromatic rings. The van der Waals surface area contributed by atoms with Crippen molar-refractivity contribution in [3.8, 4) is 0 Å². The fraction of sp³-hybridized carbons (Fsp3) is 0.375. The summed E-state index contributed by atoms with van der Waals surface area (Å²) in [5.74, 6) is -3.06. The fourth-order valence-electron chi connectivity index (χ4n) is 1.15. The highest BCUT2D eigenvalue weighted by atomic mass is 16.4. The minimum absolute atomic E-state index is 0.111. The van der Waals surface area contributed by atoms with Gasteiger partial charge in [0, 0.05) is 6.42 Å². The van der Waals surface area contributed by atoms with Crippen LogP contribution in [-0.2, 0) is 9.59 Å². The molecule has 1 aromatic heterocycles. The number of aromatic amines is 1. The second-order valence-corrected chi connectivity index (χ2v) is 3.41. The van der Waals surface area contributed by atoms with E-state index < -0.39 is 23.8 Å². The van der Waals surface area contributed by atoms with Crippen LogP contribution < -0.4 is 16.8 Å². The molecule has 10 heteroatoms. The highest BCUT2D eigenvalue weighted by molar-refractivity contribution is 5.93. The van der Waals surface area contributed by atoms with E-state index in [0.29, 0.717) is 0 Å². The number of primary amides is 1. The molecule has 0 saturated carbocycles. The summed E-state index contributed by atoms with van der Waals surface area (Å²) in [6.45, 7) is 0. The van der Waals surface area contributed by atoms with Gasteiger partial charge in [0.25, 0.3) is 5.91 Å². The van der Waals surface area contributed by atoms with Crippen LogP contribution in [0.15, 0.2) is 0 Å². The van der Waals surface area contributed by atoms with Crippen molar-refractivity contribution in [2.75, 3.05) is 5.73 Å². The number of anilines is 1. The number of carboxylic acid groups (broad SMARTS) is 1. The zero-order valence-electron chi connectivity index (χ0n) is 9.21. The zero-order chi connectivity index (χ0) is 13.7. The summed E-state index contributed by atoms with van der Waals surface area (Å²) in [6, 6.07) is -1.24. The zero-order valence-corrected chi connectivity index (χ0v) is 9.21. The number of nitrogens with one attached hydrogen (secondary N) is 2. The van der Waals surface area contributed by atoms with Gasteiger partial charge in [-0.15, -0.1) is 5.10 Å². The molecule has 18 heavy (non-hydrogen) atoms. The fourth-order valence-corrected chi connectivity index (χ4v) is 1.15. The third-order valence-corrected chi connectivity index (χ3v) is 2.00. The van der Waals surface area contributed by atoms with Crippen molar-refractivity contribution < 1.29 is 19.5 Å². The lowest BCUT2D eigenvalue weighted by Gasteiger charge is -2.12. The first-order valence-corrected chi connectivity index (χ1v) is 4.90. The Bertz CT molecular complexity index is 470. The number of hydrogen-bond acceptors (Lipinski definition) is 6. The maximum absolute atomic E-state index is 11.5. The number of hydrogen-bond donors (Lipinski definition) is 5. The third kappa shape index (κ3) is 3.73. The number of carbonyl (C=O) groups is 3. The monoisotopic (exact) mass is 256 g/mol. The minimum atomic E-state index is -1.28. The number of amides is 2. The Balaban J connectivity index is 2.63. The van der Waals surface area contributed by atoms with Gasteiger partial charge in [-0.05, 0) is 6.42 Å². The Morgan fingerprint density at radius 2 is 2.11 bits per heavy atom. The average Bonchev–Trinajstić information content (AvgIpc) is 2.70. The van der Waals surface area contributed by atoms with E-state index in [-0.39, 0.29) is 24.6 Å². The van der Waals surface area contributed by atoms with Gasteiger partial charge >= 0.3 is 5.97 Å². The summed E-state index contributed by atoms with van der Waals surface area (Å²) in [5.41, 5.74) is 10.1. The van der Waals surface area contributed by atoms with Gasteiger partial charge in [-0.3, -0.25) is 14.7 Å². The van der Waals surface area contributed by atoms with E-state index in [4.69, 9.17) is 16.6 Å². The molecule has 0 saturated heterocycles. The van der Waals surface area contributed by atoms with Gasteiger partial charge < -0.3 is 21.9 Å². The normalized spacial score (nSPS) is 11.8. The standard InChI is InChI=1S/C8H12N6O4/c9-4(15)2-1-3(7(17)18)11-6(16)5-12-8(10)14-13-5/h3H,1-2H2,(H2,9,15)(H,11,16)(H,17,18)(H3,10,12,13,14)/t3-/m0/s1. The summed E-state index contributed by atoms with van der Waals surface area (Å²) in [5, 5.41) is 16.7. The quantitative estimate of drug-likeness (QED) is 0.384. The third-order valence-electron chi connectivity index (χ3n) is 2.00. The van der Waals surface area contributed by atoms with E-state index >= 15 is 0 Å². The van der Waals surface area contributed by atoms with Crippen LogP contribution in [0.3, 0.4) is 0 Å². The van der Waals surface area contributed by atoms with Gasteiger partial charge in [-0.1, -0.05) is 0 Å². The molecule has 0 unspecified atom stereocenters. The molecule has 0 aliphatic carbocycles. The number of nitrogen functional groups attached to an aromatic ring is 1. The van der Waals surface area contributed by atoms with Gasteiger partial charge in [0.2, 0.25) is 17.7 Å². The number of aromatic nitrogens is 3. The predicted molar refractivity (Wildman–Crippen MR) is 58.1 cm³/mol. The summed E-state index contributed by atoms with van der Waals surface area (Å²) in [7, 11) is 0. The highest BCUT2D eigenvalue weighted by Crippen LogP contribution is 2.00. The maximum atomic E-state index is 11.5. The number of nitrogens with two attached hydrogens (primary N) is 2. The first-order chi connectivity index (χ1) is 8.40. The van der Waals surface area contributed by atoms with Crippen LogP contribution in [0.4, 0.5) is 5.95 Å². The lowest BCUT2D eigenvalue weighted by Crippen LogP contribution is -2.41. The molecule has 0 bridgehead atoms. The van der Waals surface area contributed by atoms with Gasteiger partial charge in [0.05, 0.1) is 0 Å². The number of H-pyrrole nitrogens is 1. The number of carbonyl (C=O) groups excluding carboxylic acids is 2. The van der Waals surface area contributed by atoms with E-state index in [0.717, 1.165) is 0 Å². The molecule has 2 amide bonds. The second kappa shape index (κ2) is 5.61. The van der Waals surface area contributed by atoms with Crippen molar-refractivity contribution in [3.05, 3.63) is 5.82 Å². The molecular weight excluding hydrogens is 244 g/mol. The molecule has 1 heterocycles. The Morgan fingerprint density at radius 1 is 1.44 bits per heavy atom. The van der Waals surface area contributed by atoms with Crippen molar-refractivity contribution in [2.45, 2.75) is 18.9 Å². The van der Waals surface area contributed by atoms with Crippen molar-refractivity contribution >= 4 is 23.7 Å². The van der Waals surface area contributed by atoms with E-state index in [1.54, 1.807) is 0 Å².